The van der Waals surface area contributed by atoms with E-state index in [-0.39, 0.29) is 41.5 Å². The third kappa shape index (κ3) is 4.54. The Kier molecular flexibility index (Phi) is 7.01. The second kappa shape index (κ2) is 8.82. The summed E-state index contributed by atoms with van der Waals surface area (Å²) in [7, 11) is 0. The summed E-state index contributed by atoms with van der Waals surface area (Å²) in [6, 6.07) is 5.55. The number of halogens is 2. The Morgan fingerprint density at radius 3 is 2.46 bits per heavy atom. The van der Waals surface area contributed by atoms with Crippen molar-refractivity contribution in [2.75, 3.05) is 19.6 Å². The van der Waals surface area contributed by atoms with Gasteiger partial charge in [0.2, 0.25) is 5.91 Å². The molecule has 2 fully saturated rings. The fraction of sp³-hybridized carbons (Fsp3) is 0.579. The van der Waals surface area contributed by atoms with Crippen LogP contribution >= 0.6 is 12.4 Å². The van der Waals surface area contributed by atoms with E-state index in [0.29, 0.717) is 25.2 Å². The molecular formula is C19H27ClFN3O2. The molecule has 3 N–H and O–H groups in total. The molecule has 0 spiro atoms. The molecule has 2 aliphatic rings. The van der Waals surface area contributed by atoms with Crippen LogP contribution in [-0.2, 0) is 4.79 Å². The van der Waals surface area contributed by atoms with Gasteiger partial charge < -0.3 is 16.0 Å². The summed E-state index contributed by atoms with van der Waals surface area (Å²) in [4.78, 5) is 27.0. The summed E-state index contributed by atoms with van der Waals surface area (Å²) in [5.41, 5.74) is 6.09. The highest BCUT2D eigenvalue weighted by Crippen LogP contribution is 2.29. The number of hydrogen-bond acceptors (Lipinski definition) is 3. The van der Waals surface area contributed by atoms with Gasteiger partial charge in [0.25, 0.3) is 5.91 Å². The number of nitrogens with zero attached hydrogens (tertiary/aromatic N) is 1. The van der Waals surface area contributed by atoms with Crippen molar-refractivity contribution >= 4 is 24.2 Å². The summed E-state index contributed by atoms with van der Waals surface area (Å²) >= 11 is 0. The van der Waals surface area contributed by atoms with Gasteiger partial charge in [0, 0.05) is 25.2 Å². The highest BCUT2D eigenvalue weighted by atomic mass is 35.5. The Morgan fingerprint density at radius 1 is 1.19 bits per heavy atom. The predicted molar refractivity (Wildman–Crippen MR) is 101 cm³/mol. The van der Waals surface area contributed by atoms with Crippen LogP contribution in [0, 0.1) is 11.7 Å². The molecule has 7 heteroatoms. The first kappa shape index (κ1) is 20.6. The minimum absolute atomic E-state index is 0. The quantitative estimate of drug-likeness (QED) is 0.838. The molecule has 1 aliphatic carbocycles. The van der Waals surface area contributed by atoms with Gasteiger partial charge in [-0.1, -0.05) is 12.8 Å². The zero-order chi connectivity index (χ0) is 17.9. The molecule has 1 aromatic carbocycles. The summed E-state index contributed by atoms with van der Waals surface area (Å²) in [6.07, 6.45) is 5.62. The van der Waals surface area contributed by atoms with Gasteiger partial charge >= 0.3 is 0 Å². The van der Waals surface area contributed by atoms with Gasteiger partial charge in [0.05, 0.1) is 11.5 Å². The summed E-state index contributed by atoms with van der Waals surface area (Å²) in [5.74, 6) is -0.714. The number of nitrogens with one attached hydrogen (secondary N) is 1. The molecule has 1 aromatic rings. The lowest BCUT2D eigenvalue weighted by atomic mass is 9.92. The van der Waals surface area contributed by atoms with Gasteiger partial charge in [-0.05, 0) is 49.9 Å². The summed E-state index contributed by atoms with van der Waals surface area (Å²) < 4.78 is 13.0. The van der Waals surface area contributed by atoms with Gasteiger partial charge in [-0.25, -0.2) is 4.39 Å². The monoisotopic (exact) mass is 383 g/mol. The van der Waals surface area contributed by atoms with E-state index in [1.807, 2.05) is 0 Å². The zero-order valence-electron chi connectivity index (χ0n) is 14.9. The topological polar surface area (TPSA) is 75.4 Å². The highest BCUT2D eigenvalue weighted by Gasteiger charge is 2.37. The number of carbonyl (C=O) groups excluding carboxylic acids is 2. The highest BCUT2D eigenvalue weighted by molar-refractivity contribution is 5.94. The Bertz CT molecular complexity index is 632. The Labute approximate surface area is 159 Å². The van der Waals surface area contributed by atoms with Gasteiger partial charge in [-0.2, -0.15) is 0 Å². The second-order valence-electron chi connectivity index (χ2n) is 7.28. The van der Waals surface area contributed by atoms with Crippen molar-refractivity contribution in [1.82, 2.24) is 10.2 Å². The molecule has 2 amide bonds. The maximum atomic E-state index is 13.0. The van der Waals surface area contributed by atoms with Crippen LogP contribution < -0.4 is 11.1 Å². The molecule has 0 bridgehead atoms. The van der Waals surface area contributed by atoms with Crippen LogP contribution in [0.5, 0.6) is 0 Å². The first-order chi connectivity index (χ1) is 12.0. The minimum atomic E-state index is -0.365. The van der Waals surface area contributed by atoms with E-state index in [2.05, 4.69) is 5.32 Å². The Balaban J connectivity index is 0.00000243. The maximum absolute atomic E-state index is 13.0. The second-order valence-corrected chi connectivity index (χ2v) is 7.28. The number of nitrogens with two attached hydrogens (primary N) is 1. The van der Waals surface area contributed by atoms with E-state index < -0.39 is 0 Å². The van der Waals surface area contributed by atoms with Crippen LogP contribution in [0.3, 0.4) is 0 Å². The predicted octanol–water partition coefficient (Wildman–Crippen LogP) is 2.49. The van der Waals surface area contributed by atoms with E-state index >= 15 is 0 Å². The van der Waals surface area contributed by atoms with Crippen molar-refractivity contribution in [3.8, 4) is 0 Å². The molecule has 144 valence electrons. The molecular weight excluding hydrogens is 357 g/mol. The number of likely N-dealkylation sites (tertiary alicyclic amines) is 1. The molecule has 1 atom stereocenters. The van der Waals surface area contributed by atoms with Gasteiger partial charge in [-0.3, -0.25) is 9.59 Å². The SMILES string of the molecule is Cl.NCC1(NC(=O)C2CCCN(C(=O)c3ccc(F)cc3)C2)CCCC1. The molecule has 3 rings (SSSR count). The van der Waals surface area contributed by atoms with Crippen LogP contribution in [-0.4, -0.2) is 41.9 Å². The molecule has 1 heterocycles. The van der Waals surface area contributed by atoms with Crippen molar-refractivity contribution in [1.29, 1.82) is 0 Å². The molecule has 1 unspecified atom stereocenters. The van der Waals surface area contributed by atoms with Crippen LogP contribution in [0.2, 0.25) is 0 Å². The van der Waals surface area contributed by atoms with Crippen LogP contribution in [0.25, 0.3) is 0 Å². The number of rotatable bonds is 4. The van der Waals surface area contributed by atoms with E-state index in [1.54, 1.807) is 4.90 Å². The zero-order valence-corrected chi connectivity index (χ0v) is 15.7. The number of piperidine rings is 1. The van der Waals surface area contributed by atoms with Gasteiger partial charge in [0.15, 0.2) is 0 Å². The third-order valence-electron chi connectivity index (χ3n) is 5.51. The standard InChI is InChI=1S/C19H26FN3O2.ClH/c20-16-7-5-14(6-8-16)18(25)23-11-3-4-15(12-23)17(24)22-19(13-21)9-1-2-10-19;/h5-8,15H,1-4,9-13,21H2,(H,22,24);1H. The van der Waals surface area contributed by atoms with E-state index in [9.17, 15) is 14.0 Å². The number of amides is 2. The lowest BCUT2D eigenvalue weighted by molar-refractivity contribution is -0.128. The third-order valence-corrected chi connectivity index (χ3v) is 5.51. The van der Waals surface area contributed by atoms with Crippen LogP contribution in [0.4, 0.5) is 4.39 Å². The van der Waals surface area contributed by atoms with Crippen molar-refractivity contribution in [2.45, 2.75) is 44.1 Å². The number of hydrogen-bond donors (Lipinski definition) is 2. The fourth-order valence-corrected chi connectivity index (χ4v) is 3.95. The van der Waals surface area contributed by atoms with Crippen molar-refractivity contribution < 1.29 is 14.0 Å². The van der Waals surface area contributed by atoms with Gasteiger partial charge in [0.1, 0.15) is 5.82 Å². The van der Waals surface area contributed by atoms with E-state index in [4.69, 9.17) is 5.73 Å². The normalized spacial score (nSPS) is 21.8. The number of benzene rings is 1. The van der Waals surface area contributed by atoms with Gasteiger partial charge in [-0.15, -0.1) is 12.4 Å². The van der Waals surface area contributed by atoms with Crippen molar-refractivity contribution in [3.05, 3.63) is 35.6 Å². The number of carbonyl (C=O) groups is 2. The minimum Gasteiger partial charge on any atom is -0.349 e. The molecule has 5 nitrogen and oxygen atoms in total. The largest absolute Gasteiger partial charge is 0.349 e. The molecule has 1 saturated heterocycles. The maximum Gasteiger partial charge on any atom is 0.253 e. The van der Waals surface area contributed by atoms with E-state index in [0.717, 1.165) is 38.5 Å². The van der Waals surface area contributed by atoms with Crippen molar-refractivity contribution in [3.63, 3.8) is 0 Å². The van der Waals surface area contributed by atoms with E-state index in [1.165, 1.54) is 24.3 Å². The summed E-state index contributed by atoms with van der Waals surface area (Å²) in [6.45, 7) is 1.49. The lowest BCUT2D eigenvalue weighted by Gasteiger charge is -2.35. The first-order valence-corrected chi connectivity index (χ1v) is 9.10. The Hall–Kier alpha value is -1.66. The molecule has 26 heavy (non-hydrogen) atoms. The molecule has 1 aliphatic heterocycles. The van der Waals surface area contributed by atoms with Crippen LogP contribution in [0.15, 0.2) is 24.3 Å². The first-order valence-electron chi connectivity index (χ1n) is 9.10. The molecule has 1 saturated carbocycles. The smallest absolute Gasteiger partial charge is 0.253 e. The van der Waals surface area contributed by atoms with Crippen molar-refractivity contribution in [2.24, 2.45) is 11.7 Å². The Morgan fingerprint density at radius 2 is 1.85 bits per heavy atom. The summed E-state index contributed by atoms with van der Waals surface area (Å²) in [5, 5.41) is 3.17. The molecule has 0 radical (unpaired) electrons. The average molecular weight is 384 g/mol. The average Bonchev–Trinajstić information content (AvgIpc) is 3.11. The fourth-order valence-electron chi connectivity index (χ4n) is 3.95. The molecule has 0 aromatic heterocycles. The lowest BCUT2D eigenvalue weighted by Crippen LogP contribution is -2.55. The van der Waals surface area contributed by atoms with Crippen LogP contribution in [0.1, 0.15) is 48.9 Å².